The van der Waals surface area contributed by atoms with Crippen LogP contribution in [-0.2, 0) is 11.3 Å². The first-order valence-corrected chi connectivity index (χ1v) is 10.6. The highest BCUT2D eigenvalue weighted by Gasteiger charge is 2.48. The first-order chi connectivity index (χ1) is 13.5. The number of piperidine rings is 1. The van der Waals surface area contributed by atoms with E-state index in [0.29, 0.717) is 25.4 Å². The van der Waals surface area contributed by atoms with Gasteiger partial charge in [-0.2, -0.15) is 0 Å². The zero-order valence-electron chi connectivity index (χ0n) is 16.2. The second kappa shape index (κ2) is 7.54. The Bertz CT molecular complexity index is 873. The minimum atomic E-state index is -0.236. The van der Waals surface area contributed by atoms with Crippen molar-refractivity contribution in [1.82, 2.24) is 9.80 Å². The number of likely N-dealkylation sites (tertiary alicyclic amines) is 1. The van der Waals surface area contributed by atoms with Crippen LogP contribution < -0.4 is 5.32 Å². The van der Waals surface area contributed by atoms with Gasteiger partial charge in [0, 0.05) is 18.8 Å². The van der Waals surface area contributed by atoms with Gasteiger partial charge in [-0.1, -0.05) is 12.1 Å². The van der Waals surface area contributed by atoms with Crippen LogP contribution in [0.3, 0.4) is 0 Å². The van der Waals surface area contributed by atoms with Crippen LogP contribution in [0.15, 0.2) is 41.0 Å². The average molecular weight is 400 g/mol. The third-order valence-corrected chi connectivity index (χ3v) is 7.39. The molecule has 2 aromatic rings. The lowest BCUT2D eigenvalue weighted by Crippen LogP contribution is -2.53. The van der Waals surface area contributed by atoms with Crippen LogP contribution in [0.5, 0.6) is 0 Å². The van der Waals surface area contributed by atoms with Gasteiger partial charge in [-0.15, -0.1) is 11.8 Å². The fourth-order valence-corrected chi connectivity index (χ4v) is 5.27. The summed E-state index contributed by atoms with van der Waals surface area (Å²) >= 11 is 1.70. The van der Waals surface area contributed by atoms with Crippen molar-refractivity contribution in [2.75, 3.05) is 24.2 Å². The smallest absolute Gasteiger partial charge is 0.321 e. The number of hydrogen-bond acceptors (Lipinski definition) is 4. The molecular formula is C21H25N3O3S. The number of furan rings is 1. The number of rotatable bonds is 3. The van der Waals surface area contributed by atoms with Crippen molar-refractivity contribution in [3.8, 4) is 0 Å². The molecule has 2 aliphatic heterocycles. The summed E-state index contributed by atoms with van der Waals surface area (Å²) in [6, 6.07) is 9.60. The minimum absolute atomic E-state index is 0.0736. The summed E-state index contributed by atoms with van der Waals surface area (Å²) in [6.45, 7) is 5.81. The van der Waals surface area contributed by atoms with E-state index in [4.69, 9.17) is 4.42 Å². The molecule has 7 heteroatoms. The predicted octanol–water partition coefficient (Wildman–Crippen LogP) is 4.00. The highest BCUT2D eigenvalue weighted by atomic mass is 32.2. The molecule has 3 amide bonds. The zero-order valence-corrected chi connectivity index (χ0v) is 17.1. The molecule has 2 fully saturated rings. The monoisotopic (exact) mass is 399 g/mol. The number of nitrogens with one attached hydrogen (secondary N) is 1. The van der Waals surface area contributed by atoms with Gasteiger partial charge in [-0.05, 0) is 56.0 Å². The molecule has 6 nitrogen and oxygen atoms in total. The molecule has 1 aromatic carbocycles. The Balaban J connectivity index is 1.41. The fourth-order valence-electron chi connectivity index (χ4n) is 3.92. The molecular weight excluding hydrogens is 374 g/mol. The van der Waals surface area contributed by atoms with E-state index >= 15 is 0 Å². The van der Waals surface area contributed by atoms with Crippen LogP contribution in [0.2, 0.25) is 0 Å². The molecule has 2 aliphatic rings. The number of nitrogens with zero attached hydrogens (tertiary/aromatic N) is 2. The Morgan fingerprint density at radius 1 is 1.21 bits per heavy atom. The summed E-state index contributed by atoms with van der Waals surface area (Å²) in [4.78, 5) is 28.8. The Kier molecular flexibility index (Phi) is 5.10. The lowest BCUT2D eigenvalue weighted by atomic mass is 10.0. The average Bonchev–Trinajstić information content (AvgIpc) is 3.31. The summed E-state index contributed by atoms with van der Waals surface area (Å²) in [5, 5.41) is 3.04. The third-order valence-electron chi connectivity index (χ3n) is 5.83. The summed E-state index contributed by atoms with van der Waals surface area (Å²) in [5.74, 6) is 1.44. The van der Waals surface area contributed by atoms with Crippen LogP contribution in [-0.4, -0.2) is 45.5 Å². The summed E-state index contributed by atoms with van der Waals surface area (Å²) in [6.07, 6.45) is 3.17. The number of aryl methyl sites for hydroxylation is 1. The van der Waals surface area contributed by atoms with Gasteiger partial charge in [-0.3, -0.25) is 4.79 Å². The Morgan fingerprint density at radius 3 is 2.71 bits per heavy atom. The Labute approximate surface area is 169 Å². The van der Waals surface area contributed by atoms with E-state index in [2.05, 4.69) is 5.32 Å². The number of hydrogen-bond donors (Lipinski definition) is 1. The van der Waals surface area contributed by atoms with Crippen LogP contribution in [0.25, 0.3) is 0 Å². The largest absolute Gasteiger partial charge is 0.467 e. The van der Waals surface area contributed by atoms with Crippen molar-refractivity contribution in [1.29, 1.82) is 0 Å². The number of anilines is 1. The molecule has 0 atom stereocenters. The van der Waals surface area contributed by atoms with Gasteiger partial charge < -0.3 is 19.5 Å². The number of thioether (sulfide) groups is 1. The Morgan fingerprint density at radius 2 is 2.00 bits per heavy atom. The maximum absolute atomic E-state index is 12.7. The SMILES string of the molecule is Cc1cccc(NC(=O)N2CCC3(CC2)SCC(=O)N3Cc2ccco2)c1C. The first-order valence-electron chi connectivity index (χ1n) is 9.57. The molecule has 28 heavy (non-hydrogen) atoms. The number of benzene rings is 1. The van der Waals surface area contributed by atoms with Gasteiger partial charge >= 0.3 is 6.03 Å². The molecule has 0 aliphatic carbocycles. The fraction of sp³-hybridized carbons (Fsp3) is 0.429. The normalized spacial score (nSPS) is 18.7. The number of amides is 3. The molecule has 1 spiro atoms. The van der Waals surface area contributed by atoms with Crippen LogP contribution in [0.1, 0.15) is 29.7 Å². The molecule has 3 heterocycles. The molecule has 1 aromatic heterocycles. The first kappa shape index (κ1) is 18.9. The number of urea groups is 1. The van der Waals surface area contributed by atoms with Gasteiger partial charge in [0.05, 0.1) is 23.4 Å². The standard InChI is InChI=1S/C21H25N3O3S/c1-15-5-3-7-18(16(15)2)22-20(26)23-10-8-21(9-11-23)24(19(25)14-28-21)13-17-6-4-12-27-17/h3-7,12H,8-11,13-14H2,1-2H3,(H,22,26). The third kappa shape index (κ3) is 3.51. The van der Waals surface area contributed by atoms with E-state index in [1.165, 1.54) is 0 Å². The van der Waals surface area contributed by atoms with Crippen molar-refractivity contribution in [2.24, 2.45) is 0 Å². The van der Waals surface area contributed by atoms with Crippen molar-refractivity contribution in [3.05, 3.63) is 53.5 Å². The summed E-state index contributed by atoms with van der Waals surface area (Å²) < 4.78 is 5.45. The number of carbonyl (C=O) groups excluding carboxylic acids is 2. The lowest BCUT2D eigenvalue weighted by molar-refractivity contribution is -0.132. The van der Waals surface area contributed by atoms with Crippen LogP contribution >= 0.6 is 11.8 Å². The van der Waals surface area contributed by atoms with Crippen molar-refractivity contribution >= 4 is 29.4 Å². The second-order valence-corrected chi connectivity index (χ2v) is 8.80. The van der Waals surface area contributed by atoms with E-state index < -0.39 is 0 Å². The molecule has 4 rings (SSSR count). The zero-order chi connectivity index (χ0) is 19.7. The minimum Gasteiger partial charge on any atom is -0.467 e. The molecule has 2 saturated heterocycles. The second-order valence-electron chi connectivity index (χ2n) is 7.46. The van der Waals surface area contributed by atoms with E-state index in [1.54, 1.807) is 18.0 Å². The summed E-state index contributed by atoms with van der Waals surface area (Å²) in [5.41, 5.74) is 3.10. The molecule has 0 saturated carbocycles. The van der Waals surface area contributed by atoms with Gasteiger partial charge in [-0.25, -0.2) is 4.79 Å². The van der Waals surface area contributed by atoms with E-state index in [1.807, 2.05) is 54.0 Å². The molecule has 0 radical (unpaired) electrons. The van der Waals surface area contributed by atoms with Crippen LogP contribution in [0, 0.1) is 13.8 Å². The predicted molar refractivity (Wildman–Crippen MR) is 110 cm³/mol. The highest BCUT2D eigenvalue weighted by Crippen LogP contribution is 2.45. The van der Waals surface area contributed by atoms with Crippen molar-refractivity contribution in [3.63, 3.8) is 0 Å². The molecule has 148 valence electrons. The van der Waals surface area contributed by atoms with E-state index in [-0.39, 0.29) is 16.8 Å². The van der Waals surface area contributed by atoms with E-state index in [9.17, 15) is 9.59 Å². The molecule has 0 unspecified atom stereocenters. The van der Waals surface area contributed by atoms with Crippen LogP contribution in [0.4, 0.5) is 10.5 Å². The van der Waals surface area contributed by atoms with Gasteiger partial charge in [0.15, 0.2) is 0 Å². The van der Waals surface area contributed by atoms with Crippen molar-refractivity contribution in [2.45, 2.75) is 38.1 Å². The maximum Gasteiger partial charge on any atom is 0.321 e. The van der Waals surface area contributed by atoms with Gasteiger partial charge in [0.25, 0.3) is 0 Å². The quantitative estimate of drug-likeness (QED) is 0.847. The highest BCUT2D eigenvalue weighted by molar-refractivity contribution is 8.01. The van der Waals surface area contributed by atoms with Gasteiger partial charge in [0.2, 0.25) is 5.91 Å². The Hall–Kier alpha value is -2.41. The summed E-state index contributed by atoms with van der Waals surface area (Å²) in [7, 11) is 0. The number of carbonyl (C=O) groups is 2. The lowest BCUT2D eigenvalue weighted by Gasteiger charge is -2.43. The van der Waals surface area contributed by atoms with E-state index in [0.717, 1.165) is 35.4 Å². The van der Waals surface area contributed by atoms with Crippen molar-refractivity contribution < 1.29 is 14.0 Å². The van der Waals surface area contributed by atoms with Gasteiger partial charge in [0.1, 0.15) is 5.76 Å². The maximum atomic E-state index is 12.7. The molecule has 1 N–H and O–H groups in total. The topological polar surface area (TPSA) is 65.8 Å². The molecule has 0 bridgehead atoms.